The van der Waals surface area contributed by atoms with E-state index in [2.05, 4.69) is 26.1 Å². The predicted octanol–water partition coefficient (Wildman–Crippen LogP) is 6.05. The summed E-state index contributed by atoms with van der Waals surface area (Å²) in [7, 11) is 0. The molecule has 2 aromatic rings. The van der Waals surface area contributed by atoms with Gasteiger partial charge in [0.25, 0.3) is 11.8 Å². The zero-order chi connectivity index (χ0) is 23.9. The molecule has 0 spiro atoms. The molecule has 0 radical (unpaired) electrons. The summed E-state index contributed by atoms with van der Waals surface area (Å²) in [6.45, 7) is 11.9. The highest BCUT2D eigenvalue weighted by Gasteiger charge is 2.36. The zero-order valence-corrected chi connectivity index (χ0v) is 21.6. The van der Waals surface area contributed by atoms with Crippen molar-refractivity contribution in [1.82, 2.24) is 4.90 Å². The first kappa shape index (κ1) is 24.2. The zero-order valence-electron chi connectivity index (χ0n) is 20.0. The molecular weight excluding hydrogens is 456 g/mol. The molecule has 5 nitrogen and oxygen atoms in total. The molecule has 2 heterocycles. The van der Waals surface area contributed by atoms with Crippen molar-refractivity contribution in [2.75, 3.05) is 18.4 Å². The number of nitrogens with one attached hydrogen (secondary N) is 1. The molecule has 4 rings (SSSR count). The van der Waals surface area contributed by atoms with Crippen molar-refractivity contribution < 1.29 is 14.3 Å². The summed E-state index contributed by atoms with van der Waals surface area (Å²) in [6, 6.07) is 6.88. The lowest BCUT2D eigenvalue weighted by molar-refractivity contribution is -0.0586. The van der Waals surface area contributed by atoms with Gasteiger partial charge in [-0.1, -0.05) is 38.4 Å². The average molecular weight is 489 g/mol. The van der Waals surface area contributed by atoms with Crippen LogP contribution >= 0.6 is 22.9 Å². The number of rotatable bonds is 3. The van der Waals surface area contributed by atoms with E-state index in [4.69, 9.17) is 16.3 Å². The number of fused-ring (bicyclic) bond motifs is 1. The number of anilines is 1. The third-order valence-corrected chi connectivity index (χ3v) is 8.13. The van der Waals surface area contributed by atoms with Crippen molar-refractivity contribution in [1.29, 1.82) is 0 Å². The van der Waals surface area contributed by atoms with Crippen molar-refractivity contribution in [3.8, 4) is 0 Å². The van der Waals surface area contributed by atoms with Crippen LogP contribution in [0.1, 0.15) is 72.2 Å². The van der Waals surface area contributed by atoms with Gasteiger partial charge in [-0.25, -0.2) is 0 Å². The van der Waals surface area contributed by atoms with Crippen LogP contribution < -0.4 is 5.32 Å². The van der Waals surface area contributed by atoms with Crippen molar-refractivity contribution in [2.45, 2.75) is 66.1 Å². The van der Waals surface area contributed by atoms with Crippen molar-refractivity contribution >= 4 is 39.8 Å². The van der Waals surface area contributed by atoms with E-state index in [9.17, 15) is 9.59 Å². The van der Waals surface area contributed by atoms with Gasteiger partial charge < -0.3 is 15.0 Å². The highest BCUT2D eigenvalue weighted by Crippen LogP contribution is 2.45. The molecule has 1 aromatic carbocycles. The quantitative estimate of drug-likeness (QED) is 0.571. The van der Waals surface area contributed by atoms with Crippen LogP contribution in [0, 0.1) is 11.3 Å². The Morgan fingerprint density at radius 2 is 1.88 bits per heavy atom. The van der Waals surface area contributed by atoms with Gasteiger partial charge in [-0.3, -0.25) is 9.59 Å². The van der Waals surface area contributed by atoms with Crippen LogP contribution in [0.15, 0.2) is 24.3 Å². The van der Waals surface area contributed by atoms with E-state index in [1.807, 2.05) is 18.7 Å². The van der Waals surface area contributed by atoms with Gasteiger partial charge in [-0.2, -0.15) is 0 Å². The molecule has 1 aliphatic carbocycles. The van der Waals surface area contributed by atoms with Crippen LogP contribution in [0.5, 0.6) is 0 Å². The lowest BCUT2D eigenvalue weighted by Crippen LogP contribution is -2.48. The number of carbonyl (C=O) groups is 2. The Kier molecular flexibility index (Phi) is 6.90. The summed E-state index contributed by atoms with van der Waals surface area (Å²) >= 11 is 7.65. The predicted molar refractivity (Wildman–Crippen MR) is 135 cm³/mol. The summed E-state index contributed by atoms with van der Waals surface area (Å²) in [5.74, 6) is 0.290. The van der Waals surface area contributed by atoms with E-state index in [-0.39, 0.29) is 29.4 Å². The van der Waals surface area contributed by atoms with E-state index in [1.54, 1.807) is 35.6 Å². The molecule has 3 atom stereocenters. The van der Waals surface area contributed by atoms with Gasteiger partial charge >= 0.3 is 0 Å². The number of ether oxygens (including phenoxy) is 1. The topological polar surface area (TPSA) is 58.6 Å². The largest absolute Gasteiger partial charge is 0.372 e. The number of hydrogen-bond acceptors (Lipinski definition) is 4. The van der Waals surface area contributed by atoms with Crippen LogP contribution in [0.2, 0.25) is 5.02 Å². The number of nitrogens with zero attached hydrogens (tertiary/aromatic N) is 1. The summed E-state index contributed by atoms with van der Waals surface area (Å²) in [5.41, 5.74) is 2.46. The standard InChI is InChI=1S/C26H33ClN2O3S/c1-15-13-29(14-16(2)32-15)25(31)22-20-10-9-18(26(3,4)5)12-21(20)33-24(22)28-23(30)17-7-6-8-19(27)11-17/h6-8,11,15-16,18H,9-10,12-14H2,1-5H3,(H,28,30)/t15-,16-,18+/m1/s1. The molecule has 0 unspecified atom stereocenters. The highest BCUT2D eigenvalue weighted by atomic mass is 35.5. The molecule has 1 N–H and O–H groups in total. The summed E-state index contributed by atoms with van der Waals surface area (Å²) in [6.07, 6.45) is 2.82. The minimum absolute atomic E-state index is 0.00916. The second-order valence-corrected chi connectivity index (χ2v) is 12.0. The van der Waals surface area contributed by atoms with E-state index < -0.39 is 0 Å². The van der Waals surface area contributed by atoms with E-state index in [1.165, 1.54) is 4.88 Å². The number of carbonyl (C=O) groups excluding carboxylic acids is 2. The number of thiophene rings is 1. The third-order valence-electron chi connectivity index (χ3n) is 6.72. The van der Waals surface area contributed by atoms with Crippen LogP contribution in [0.25, 0.3) is 0 Å². The highest BCUT2D eigenvalue weighted by molar-refractivity contribution is 7.17. The molecule has 33 heavy (non-hydrogen) atoms. The van der Waals surface area contributed by atoms with Crippen molar-refractivity contribution in [3.63, 3.8) is 0 Å². The van der Waals surface area contributed by atoms with Gasteiger partial charge in [-0.15, -0.1) is 11.3 Å². The normalized spacial score (nSPS) is 23.2. The molecule has 2 amide bonds. The van der Waals surface area contributed by atoms with Crippen LogP contribution in [0.3, 0.4) is 0 Å². The Balaban J connectivity index is 1.70. The fourth-order valence-corrected chi connectivity index (χ4v) is 6.45. The van der Waals surface area contributed by atoms with E-state index in [0.717, 1.165) is 24.8 Å². The fourth-order valence-electron chi connectivity index (χ4n) is 4.95. The van der Waals surface area contributed by atoms with Crippen LogP contribution in [-0.4, -0.2) is 42.0 Å². The maximum atomic E-state index is 13.8. The Labute approximate surface area is 205 Å². The van der Waals surface area contributed by atoms with Gasteiger partial charge in [0.1, 0.15) is 5.00 Å². The smallest absolute Gasteiger partial charge is 0.257 e. The molecule has 0 bridgehead atoms. The van der Waals surface area contributed by atoms with Crippen LogP contribution in [-0.2, 0) is 17.6 Å². The first-order valence-corrected chi connectivity index (χ1v) is 12.9. The lowest BCUT2D eigenvalue weighted by Gasteiger charge is -2.36. The monoisotopic (exact) mass is 488 g/mol. The van der Waals surface area contributed by atoms with Gasteiger partial charge in [0.05, 0.1) is 17.8 Å². The molecule has 7 heteroatoms. The molecule has 1 saturated heterocycles. The summed E-state index contributed by atoms with van der Waals surface area (Å²) in [4.78, 5) is 30.0. The maximum Gasteiger partial charge on any atom is 0.257 e. The second kappa shape index (κ2) is 9.40. The van der Waals surface area contributed by atoms with Gasteiger partial charge in [0.2, 0.25) is 0 Å². The molecule has 1 aliphatic heterocycles. The second-order valence-electron chi connectivity index (χ2n) is 10.4. The molecule has 1 aromatic heterocycles. The number of halogens is 1. The maximum absolute atomic E-state index is 13.8. The fraction of sp³-hybridized carbons (Fsp3) is 0.538. The number of morpholine rings is 1. The number of benzene rings is 1. The van der Waals surface area contributed by atoms with Gasteiger partial charge in [0, 0.05) is 28.6 Å². The number of amides is 2. The minimum Gasteiger partial charge on any atom is -0.372 e. The molecule has 178 valence electrons. The van der Waals surface area contributed by atoms with Crippen molar-refractivity contribution in [2.24, 2.45) is 11.3 Å². The average Bonchev–Trinajstić information content (AvgIpc) is 3.08. The third kappa shape index (κ3) is 5.28. The first-order chi connectivity index (χ1) is 15.5. The van der Waals surface area contributed by atoms with E-state index >= 15 is 0 Å². The summed E-state index contributed by atoms with van der Waals surface area (Å²) < 4.78 is 5.84. The molecule has 2 aliphatic rings. The minimum atomic E-state index is -0.249. The Morgan fingerprint density at radius 3 is 2.52 bits per heavy atom. The van der Waals surface area contributed by atoms with Crippen molar-refractivity contribution in [3.05, 3.63) is 50.9 Å². The molecule has 1 fully saturated rings. The van der Waals surface area contributed by atoms with Gasteiger partial charge in [0.15, 0.2) is 0 Å². The van der Waals surface area contributed by atoms with E-state index in [0.29, 0.717) is 40.2 Å². The van der Waals surface area contributed by atoms with Crippen LogP contribution in [0.4, 0.5) is 5.00 Å². The SMILES string of the molecule is C[C@@H]1CN(C(=O)c2c(NC(=O)c3cccc(Cl)c3)sc3c2CC[C@H](C(C)(C)C)C3)C[C@@H](C)O1. The van der Waals surface area contributed by atoms with Gasteiger partial charge in [-0.05, 0) is 68.2 Å². The first-order valence-electron chi connectivity index (χ1n) is 11.7. The Bertz CT molecular complexity index is 1050. The Morgan fingerprint density at radius 1 is 1.18 bits per heavy atom. The lowest BCUT2D eigenvalue weighted by atomic mass is 9.72. The number of hydrogen-bond donors (Lipinski definition) is 1. The Hall–Kier alpha value is -1.89. The molecule has 0 saturated carbocycles. The molecular formula is C26H33ClN2O3S. The summed E-state index contributed by atoms with van der Waals surface area (Å²) in [5, 5.41) is 4.21.